The molecule has 0 saturated carbocycles. The molecule has 2 rings (SSSR count). The Labute approximate surface area is 104 Å². The zero-order valence-electron chi connectivity index (χ0n) is 10.2. The number of likely N-dealkylation sites (tertiary alicyclic amines) is 1. The van der Waals surface area contributed by atoms with Gasteiger partial charge in [0.15, 0.2) is 17.5 Å². The van der Waals surface area contributed by atoms with E-state index in [-0.39, 0.29) is 5.82 Å². The number of anilines is 1. The monoisotopic (exact) mass is 259 g/mol. The van der Waals surface area contributed by atoms with Crippen LogP contribution in [0.5, 0.6) is 0 Å². The lowest BCUT2D eigenvalue weighted by molar-refractivity contribution is 0.276. The van der Waals surface area contributed by atoms with Crippen molar-refractivity contribution in [1.82, 2.24) is 9.88 Å². The third-order valence-corrected chi connectivity index (χ3v) is 3.30. The van der Waals surface area contributed by atoms with Gasteiger partial charge in [0, 0.05) is 18.7 Å². The van der Waals surface area contributed by atoms with Gasteiger partial charge in [0.25, 0.3) is 5.95 Å². The molecule has 6 heteroatoms. The van der Waals surface area contributed by atoms with E-state index in [1.54, 1.807) is 0 Å². The molecule has 1 aromatic rings. The summed E-state index contributed by atoms with van der Waals surface area (Å²) in [6.07, 6.45) is 2.13. The van der Waals surface area contributed by atoms with Gasteiger partial charge >= 0.3 is 0 Å². The van der Waals surface area contributed by atoms with Gasteiger partial charge in [-0.2, -0.15) is 9.37 Å². The van der Waals surface area contributed by atoms with E-state index in [2.05, 4.69) is 22.1 Å². The molecule has 0 aliphatic carbocycles. The minimum Gasteiger partial charge on any atom is -0.366 e. The van der Waals surface area contributed by atoms with Crippen LogP contribution < -0.4 is 5.32 Å². The largest absolute Gasteiger partial charge is 0.366 e. The molecule has 0 aromatic carbocycles. The molecule has 2 heterocycles. The summed E-state index contributed by atoms with van der Waals surface area (Å²) in [5, 5.41) is 2.75. The molecule has 3 nitrogen and oxygen atoms in total. The van der Waals surface area contributed by atoms with E-state index < -0.39 is 17.6 Å². The summed E-state index contributed by atoms with van der Waals surface area (Å²) in [5.41, 5.74) is 0. The Hall–Kier alpha value is -1.30. The Bertz CT molecular complexity index is 425. The van der Waals surface area contributed by atoms with E-state index >= 15 is 0 Å². The van der Waals surface area contributed by atoms with Crippen molar-refractivity contribution < 1.29 is 13.2 Å². The van der Waals surface area contributed by atoms with E-state index in [4.69, 9.17) is 0 Å². The summed E-state index contributed by atoms with van der Waals surface area (Å²) in [6.45, 7) is 4.51. The second-order valence-corrected chi connectivity index (χ2v) is 4.40. The fourth-order valence-corrected chi connectivity index (χ4v) is 2.33. The SMILES string of the molecule is CCN1CCCC1CNc1nc(F)c(F)cc1F. The Kier molecular flexibility index (Phi) is 4.06. The average Bonchev–Trinajstić information content (AvgIpc) is 2.79. The zero-order chi connectivity index (χ0) is 13.1. The fraction of sp³-hybridized carbons (Fsp3) is 0.583. The van der Waals surface area contributed by atoms with Crippen LogP contribution in [0.25, 0.3) is 0 Å². The molecule has 0 radical (unpaired) electrons. The zero-order valence-corrected chi connectivity index (χ0v) is 10.2. The van der Waals surface area contributed by atoms with Crippen LogP contribution in [0.2, 0.25) is 0 Å². The molecule has 1 aromatic heterocycles. The number of aromatic nitrogens is 1. The van der Waals surface area contributed by atoms with Crippen LogP contribution in [0.3, 0.4) is 0 Å². The first kappa shape index (κ1) is 13.1. The molecule has 0 spiro atoms. The molecule has 1 aliphatic rings. The molecule has 1 atom stereocenters. The number of nitrogens with zero attached hydrogens (tertiary/aromatic N) is 2. The van der Waals surface area contributed by atoms with Crippen LogP contribution in [0.4, 0.5) is 19.0 Å². The maximum absolute atomic E-state index is 13.3. The Morgan fingerprint density at radius 2 is 2.17 bits per heavy atom. The van der Waals surface area contributed by atoms with Crippen molar-refractivity contribution in [2.75, 3.05) is 25.0 Å². The van der Waals surface area contributed by atoms with E-state index in [1.165, 1.54) is 0 Å². The Morgan fingerprint density at radius 3 is 2.89 bits per heavy atom. The smallest absolute Gasteiger partial charge is 0.251 e. The van der Waals surface area contributed by atoms with E-state index in [9.17, 15) is 13.2 Å². The molecular formula is C12H16F3N3. The van der Waals surface area contributed by atoms with Crippen LogP contribution in [0.15, 0.2) is 6.07 Å². The van der Waals surface area contributed by atoms with Crippen molar-refractivity contribution in [3.8, 4) is 0 Å². The van der Waals surface area contributed by atoms with Crippen LogP contribution in [-0.2, 0) is 0 Å². The Morgan fingerprint density at radius 1 is 1.39 bits per heavy atom. The first-order chi connectivity index (χ1) is 8.61. The minimum atomic E-state index is -1.28. The second-order valence-electron chi connectivity index (χ2n) is 4.40. The molecule has 18 heavy (non-hydrogen) atoms. The maximum Gasteiger partial charge on any atom is 0.251 e. The molecule has 1 aliphatic heterocycles. The van der Waals surface area contributed by atoms with Gasteiger partial charge in [-0.1, -0.05) is 6.92 Å². The topological polar surface area (TPSA) is 28.2 Å². The molecule has 1 saturated heterocycles. The highest BCUT2D eigenvalue weighted by atomic mass is 19.2. The van der Waals surface area contributed by atoms with Gasteiger partial charge < -0.3 is 5.32 Å². The lowest BCUT2D eigenvalue weighted by Gasteiger charge is -2.23. The summed E-state index contributed by atoms with van der Waals surface area (Å²) in [4.78, 5) is 5.51. The third-order valence-electron chi connectivity index (χ3n) is 3.30. The summed E-state index contributed by atoms with van der Waals surface area (Å²) < 4.78 is 38.9. The van der Waals surface area contributed by atoms with Crippen molar-refractivity contribution >= 4 is 5.82 Å². The van der Waals surface area contributed by atoms with Crippen molar-refractivity contribution in [2.24, 2.45) is 0 Å². The molecule has 100 valence electrons. The maximum atomic E-state index is 13.3. The number of likely N-dealkylation sites (N-methyl/N-ethyl adjacent to an activating group) is 1. The number of rotatable bonds is 4. The van der Waals surface area contributed by atoms with Crippen molar-refractivity contribution in [3.63, 3.8) is 0 Å². The highest BCUT2D eigenvalue weighted by Gasteiger charge is 2.23. The summed E-state index contributed by atoms with van der Waals surface area (Å²) in [7, 11) is 0. The first-order valence-corrected chi connectivity index (χ1v) is 6.11. The van der Waals surface area contributed by atoms with Crippen LogP contribution in [0.1, 0.15) is 19.8 Å². The van der Waals surface area contributed by atoms with Gasteiger partial charge in [-0.25, -0.2) is 8.78 Å². The normalized spacial score (nSPS) is 20.3. The van der Waals surface area contributed by atoms with Crippen molar-refractivity contribution in [2.45, 2.75) is 25.8 Å². The number of pyridine rings is 1. The van der Waals surface area contributed by atoms with Crippen molar-refractivity contribution in [3.05, 3.63) is 23.6 Å². The average molecular weight is 259 g/mol. The first-order valence-electron chi connectivity index (χ1n) is 6.11. The molecule has 1 N–H and O–H groups in total. The van der Waals surface area contributed by atoms with Gasteiger partial charge in [-0.15, -0.1) is 0 Å². The van der Waals surface area contributed by atoms with Gasteiger partial charge in [0.2, 0.25) is 0 Å². The van der Waals surface area contributed by atoms with Crippen LogP contribution in [0, 0.1) is 17.6 Å². The molecular weight excluding hydrogens is 243 g/mol. The lowest BCUT2D eigenvalue weighted by atomic mass is 10.2. The number of hydrogen-bond donors (Lipinski definition) is 1. The molecule has 0 amide bonds. The second kappa shape index (κ2) is 5.56. The van der Waals surface area contributed by atoms with E-state index in [1.807, 2.05) is 0 Å². The quantitative estimate of drug-likeness (QED) is 0.842. The van der Waals surface area contributed by atoms with Crippen molar-refractivity contribution in [1.29, 1.82) is 0 Å². The van der Waals surface area contributed by atoms with Crippen LogP contribution in [-0.4, -0.2) is 35.6 Å². The van der Waals surface area contributed by atoms with E-state index in [0.717, 1.165) is 25.9 Å². The molecule has 1 fully saturated rings. The highest BCUT2D eigenvalue weighted by molar-refractivity contribution is 5.36. The highest BCUT2D eigenvalue weighted by Crippen LogP contribution is 2.19. The lowest BCUT2D eigenvalue weighted by Crippen LogP contribution is -2.35. The van der Waals surface area contributed by atoms with Gasteiger partial charge in [-0.3, -0.25) is 4.90 Å². The standard InChI is InChI=1S/C12H16F3N3/c1-2-18-5-3-4-8(18)7-16-12-10(14)6-9(13)11(15)17-12/h6,8H,2-5,7H2,1H3,(H,16,17). The Balaban J connectivity index is 2.00. The molecule has 0 bridgehead atoms. The summed E-state index contributed by atoms with van der Waals surface area (Å²) in [6, 6.07) is 0.806. The fourth-order valence-electron chi connectivity index (χ4n) is 2.33. The van der Waals surface area contributed by atoms with Gasteiger partial charge in [0.1, 0.15) is 0 Å². The number of halogens is 3. The number of nitrogens with one attached hydrogen (secondary N) is 1. The number of hydrogen-bond acceptors (Lipinski definition) is 3. The van der Waals surface area contributed by atoms with E-state index in [0.29, 0.717) is 18.7 Å². The summed E-state index contributed by atoms with van der Waals surface area (Å²) >= 11 is 0. The molecule has 1 unspecified atom stereocenters. The van der Waals surface area contributed by atoms with Gasteiger partial charge in [0.05, 0.1) is 0 Å². The predicted octanol–water partition coefficient (Wildman–Crippen LogP) is 2.40. The predicted molar refractivity (Wildman–Crippen MR) is 62.9 cm³/mol. The van der Waals surface area contributed by atoms with Gasteiger partial charge in [-0.05, 0) is 25.9 Å². The third kappa shape index (κ3) is 2.75. The van der Waals surface area contributed by atoms with Crippen LogP contribution >= 0.6 is 0 Å². The summed E-state index contributed by atoms with van der Waals surface area (Å²) in [5.74, 6) is -3.64. The minimum absolute atomic E-state index is 0.225.